The first-order valence-corrected chi connectivity index (χ1v) is 11.3. The van der Waals surface area contributed by atoms with Gasteiger partial charge in [-0.3, -0.25) is 18.9 Å². The average molecular weight is 448 g/mol. The molecule has 9 nitrogen and oxygen atoms in total. The Morgan fingerprint density at radius 1 is 0.931 bits per heavy atom. The molecule has 3 N–H and O–H groups in total. The Morgan fingerprint density at radius 3 is 1.93 bits per heavy atom. The van der Waals surface area contributed by atoms with E-state index in [0.717, 1.165) is 19.3 Å². The second-order valence-electron chi connectivity index (χ2n) is 6.59. The van der Waals surface area contributed by atoms with Crippen molar-refractivity contribution in [3.63, 3.8) is 0 Å². The summed E-state index contributed by atoms with van der Waals surface area (Å²) in [5, 5.41) is -2.15. The Balaban J connectivity index is 0. The summed E-state index contributed by atoms with van der Waals surface area (Å²) < 4.78 is 40.6. The third kappa shape index (κ3) is 16.9. The van der Waals surface area contributed by atoms with Crippen molar-refractivity contribution >= 4 is 57.6 Å². The zero-order valence-electron chi connectivity index (χ0n) is 16.6. The molecule has 1 atom stereocenters. The van der Waals surface area contributed by atoms with E-state index in [0.29, 0.717) is 6.42 Å². The van der Waals surface area contributed by atoms with Gasteiger partial charge in [-0.1, -0.05) is 58.3 Å². The second-order valence-corrected chi connectivity index (χ2v) is 8.19. The van der Waals surface area contributed by atoms with Gasteiger partial charge in [0.15, 0.2) is 5.25 Å². The maximum atomic E-state index is 11.7. The van der Waals surface area contributed by atoms with Gasteiger partial charge >= 0.3 is 47.5 Å². The van der Waals surface area contributed by atoms with E-state index in [4.69, 9.17) is 10.3 Å². The quantitative estimate of drug-likeness (QED) is 0.118. The molecular formula is C18H34NNaO8S. The molecule has 0 aliphatic carbocycles. The van der Waals surface area contributed by atoms with Crippen LogP contribution in [0, 0.1) is 0 Å². The van der Waals surface area contributed by atoms with Crippen LogP contribution in [0.3, 0.4) is 0 Å². The number of ether oxygens (including phenoxy) is 2. The van der Waals surface area contributed by atoms with Crippen LogP contribution < -0.4 is 5.73 Å². The van der Waals surface area contributed by atoms with Crippen molar-refractivity contribution in [2.75, 3.05) is 13.2 Å². The van der Waals surface area contributed by atoms with Gasteiger partial charge < -0.3 is 15.2 Å². The Morgan fingerprint density at radius 2 is 1.45 bits per heavy atom. The molecule has 166 valence electrons. The monoisotopic (exact) mass is 447 g/mol. The molecule has 0 fully saturated rings. The van der Waals surface area contributed by atoms with Crippen LogP contribution in [0.25, 0.3) is 0 Å². The van der Waals surface area contributed by atoms with Crippen LogP contribution in [0.2, 0.25) is 0 Å². The first-order chi connectivity index (χ1) is 13.2. The molecule has 0 amide bonds. The van der Waals surface area contributed by atoms with E-state index in [1.54, 1.807) is 0 Å². The standard InChI is InChI=1S/C18H33NO8S.Na.H/c1-2-3-4-5-6-7-8-9-10-11-16(20)27-17(21)14-15(28(23,24)25)18(22)26-13-12-19;;/h15H,2-14,19H2,1H3,(H,23,24,25);;. The number of hydrogen-bond acceptors (Lipinski definition) is 8. The van der Waals surface area contributed by atoms with Gasteiger partial charge in [0.1, 0.15) is 6.61 Å². The van der Waals surface area contributed by atoms with Crippen molar-refractivity contribution in [3.8, 4) is 0 Å². The van der Waals surface area contributed by atoms with Gasteiger partial charge in [0.25, 0.3) is 10.1 Å². The normalized spacial score (nSPS) is 12.0. The second kappa shape index (κ2) is 18.3. The average Bonchev–Trinajstić information content (AvgIpc) is 2.61. The number of hydrogen-bond donors (Lipinski definition) is 2. The number of carbonyl (C=O) groups is 3. The summed E-state index contributed by atoms with van der Waals surface area (Å²) in [7, 11) is -4.89. The molecule has 11 heteroatoms. The summed E-state index contributed by atoms with van der Waals surface area (Å²) >= 11 is 0. The maximum absolute atomic E-state index is 11.7. The predicted octanol–water partition coefficient (Wildman–Crippen LogP) is 1.48. The molecule has 0 saturated carbocycles. The molecule has 29 heavy (non-hydrogen) atoms. The van der Waals surface area contributed by atoms with E-state index in [-0.39, 0.29) is 49.1 Å². The molecule has 0 aliphatic rings. The first-order valence-electron chi connectivity index (χ1n) is 9.78. The Bertz CT molecular complexity index is 582. The number of esters is 3. The minimum atomic E-state index is -4.89. The molecular weight excluding hydrogens is 413 g/mol. The van der Waals surface area contributed by atoms with Crippen LogP contribution in [0.1, 0.15) is 77.6 Å². The molecule has 0 saturated heterocycles. The molecule has 0 heterocycles. The van der Waals surface area contributed by atoms with Gasteiger partial charge in [-0.05, 0) is 6.42 Å². The van der Waals surface area contributed by atoms with Gasteiger partial charge in [-0.25, -0.2) is 0 Å². The zero-order valence-corrected chi connectivity index (χ0v) is 17.4. The van der Waals surface area contributed by atoms with Crippen molar-refractivity contribution in [2.45, 2.75) is 82.8 Å². The summed E-state index contributed by atoms with van der Waals surface area (Å²) in [5.74, 6) is -3.33. The molecule has 0 aromatic carbocycles. The molecule has 0 radical (unpaired) electrons. The molecule has 0 bridgehead atoms. The first kappa shape index (κ1) is 30.7. The van der Waals surface area contributed by atoms with Crippen LogP contribution in [0.5, 0.6) is 0 Å². The number of nitrogens with two attached hydrogens (primary N) is 1. The fourth-order valence-electron chi connectivity index (χ4n) is 2.51. The number of unbranched alkanes of at least 4 members (excludes halogenated alkanes) is 8. The Kier molecular flexibility index (Phi) is 19.3. The molecule has 0 rings (SSSR count). The summed E-state index contributed by atoms with van der Waals surface area (Å²) in [5.41, 5.74) is 5.13. The zero-order chi connectivity index (χ0) is 21.4. The van der Waals surface area contributed by atoms with Crippen molar-refractivity contribution in [2.24, 2.45) is 5.73 Å². The van der Waals surface area contributed by atoms with Crippen molar-refractivity contribution < 1.29 is 36.8 Å². The molecule has 0 aromatic heterocycles. The summed E-state index contributed by atoms with van der Waals surface area (Å²) in [4.78, 5) is 35.0. The Hall–Kier alpha value is -0.520. The third-order valence-corrected chi connectivity index (χ3v) is 5.13. The summed E-state index contributed by atoms with van der Waals surface area (Å²) in [6, 6.07) is 0. The van der Waals surface area contributed by atoms with Gasteiger partial charge in [0, 0.05) is 13.0 Å². The van der Waals surface area contributed by atoms with Gasteiger partial charge in [-0.2, -0.15) is 8.42 Å². The van der Waals surface area contributed by atoms with Crippen molar-refractivity contribution in [3.05, 3.63) is 0 Å². The van der Waals surface area contributed by atoms with Crippen molar-refractivity contribution in [1.82, 2.24) is 0 Å². The summed E-state index contributed by atoms with van der Waals surface area (Å²) in [6.45, 7) is 1.85. The van der Waals surface area contributed by atoms with Crippen LogP contribution in [-0.2, 0) is 34.0 Å². The predicted molar refractivity (Wildman–Crippen MR) is 110 cm³/mol. The molecule has 1 unspecified atom stereocenters. The molecule has 0 aliphatic heterocycles. The number of carbonyl (C=O) groups excluding carboxylic acids is 3. The van der Waals surface area contributed by atoms with Crippen LogP contribution in [0.4, 0.5) is 0 Å². The van der Waals surface area contributed by atoms with E-state index in [1.807, 2.05) is 0 Å². The molecule has 0 spiro atoms. The van der Waals surface area contributed by atoms with Crippen LogP contribution in [0.15, 0.2) is 0 Å². The minimum absolute atomic E-state index is 0. The molecule has 0 aromatic rings. The van der Waals surface area contributed by atoms with E-state index in [2.05, 4.69) is 16.4 Å². The van der Waals surface area contributed by atoms with Gasteiger partial charge in [0.2, 0.25) is 0 Å². The number of rotatable bonds is 16. The van der Waals surface area contributed by atoms with Crippen LogP contribution >= 0.6 is 0 Å². The topological polar surface area (TPSA) is 150 Å². The third-order valence-electron chi connectivity index (χ3n) is 4.05. The van der Waals surface area contributed by atoms with Gasteiger partial charge in [0.05, 0.1) is 6.42 Å². The van der Waals surface area contributed by atoms with Gasteiger partial charge in [-0.15, -0.1) is 0 Å². The van der Waals surface area contributed by atoms with E-state index < -0.39 is 39.7 Å². The van der Waals surface area contributed by atoms with Crippen LogP contribution in [-0.4, -0.2) is 78.8 Å². The summed E-state index contributed by atoms with van der Waals surface area (Å²) in [6.07, 6.45) is 8.58. The van der Waals surface area contributed by atoms with E-state index in [1.165, 1.54) is 32.1 Å². The van der Waals surface area contributed by atoms with Crippen molar-refractivity contribution in [1.29, 1.82) is 0 Å². The SMILES string of the molecule is CCCCCCCCCCCC(=O)OC(=O)CC(C(=O)OCCN)S(=O)(=O)O.[NaH]. The fraction of sp³-hybridized carbons (Fsp3) is 0.833. The van der Waals surface area contributed by atoms with E-state index in [9.17, 15) is 22.8 Å². The fourth-order valence-corrected chi connectivity index (χ4v) is 3.17. The Labute approximate surface area is 195 Å². The van der Waals surface area contributed by atoms with E-state index >= 15 is 0 Å².